The Morgan fingerprint density at radius 1 is 1.26 bits per heavy atom. The standard InChI is InChI=1S/C16H15F2NO4/c1-2-13-10(16(21)22)8-14(23-13)15(20)19-7-6-9-11(17)4-3-5-12(9)18/h3-5,8H,2,6-7H2,1H3,(H,19,20)(H,21,22). The lowest BCUT2D eigenvalue weighted by Crippen LogP contribution is -2.25. The number of rotatable bonds is 6. The van der Waals surface area contributed by atoms with Crippen molar-refractivity contribution in [3.8, 4) is 0 Å². The normalized spacial score (nSPS) is 10.6. The van der Waals surface area contributed by atoms with Gasteiger partial charge in [-0.1, -0.05) is 13.0 Å². The van der Waals surface area contributed by atoms with Crippen LogP contribution in [-0.4, -0.2) is 23.5 Å². The van der Waals surface area contributed by atoms with Gasteiger partial charge < -0.3 is 14.8 Å². The van der Waals surface area contributed by atoms with Crippen molar-refractivity contribution in [3.63, 3.8) is 0 Å². The zero-order valence-electron chi connectivity index (χ0n) is 12.4. The van der Waals surface area contributed by atoms with Crippen molar-refractivity contribution in [2.24, 2.45) is 0 Å². The molecule has 0 aliphatic heterocycles. The number of aryl methyl sites for hydroxylation is 1. The van der Waals surface area contributed by atoms with Crippen LogP contribution in [0.2, 0.25) is 0 Å². The van der Waals surface area contributed by atoms with Gasteiger partial charge in [-0.3, -0.25) is 4.79 Å². The number of hydrogen-bond acceptors (Lipinski definition) is 3. The van der Waals surface area contributed by atoms with Gasteiger partial charge in [0.15, 0.2) is 5.76 Å². The first-order valence-corrected chi connectivity index (χ1v) is 7.01. The number of carboxylic acid groups (broad SMARTS) is 1. The van der Waals surface area contributed by atoms with Crippen LogP contribution in [0.25, 0.3) is 0 Å². The van der Waals surface area contributed by atoms with E-state index in [-0.39, 0.29) is 35.6 Å². The molecule has 0 radical (unpaired) electrons. The zero-order chi connectivity index (χ0) is 17.0. The van der Waals surface area contributed by atoms with E-state index in [0.29, 0.717) is 6.42 Å². The number of hydrogen-bond donors (Lipinski definition) is 2. The highest BCUT2D eigenvalue weighted by Crippen LogP contribution is 2.17. The third-order valence-corrected chi connectivity index (χ3v) is 3.31. The quantitative estimate of drug-likeness (QED) is 0.857. The summed E-state index contributed by atoms with van der Waals surface area (Å²) in [6.07, 6.45) is 0.298. The summed E-state index contributed by atoms with van der Waals surface area (Å²) >= 11 is 0. The number of aromatic carboxylic acids is 1. The van der Waals surface area contributed by atoms with Gasteiger partial charge in [-0.2, -0.15) is 0 Å². The second-order valence-electron chi connectivity index (χ2n) is 4.81. The molecular formula is C16H15F2NO4. The van der Waals surface area contributed by atoms with E-state index in [2.05, 4.69) is 5.32 Å². The van der Waals surface area contributed by atoms with Gasteiger partial charge in [-0.05, 0) is 18.6 Å². The zero-order valence-corrected chi connectivity index (χ0v) is 12.4. The van der Waals surface area contributed by atoms with Crippen molar-refractivity contribution in [1.29, 1.82) is 0 Å². The average Bonchev–Trinajstić information content (AvgIpc) is 2.94. The fourth-order valence-corrected chi connectivity index (χ4v) is 2.14. The smallest absolute Gasteiger partial charge is 0.339 e. The first-order chi connectivity index (χ1) is 10.9. The molecule has 1 aromatic carbocycles. The molecule has 1 amide bonds. The van der Waals surface area contributed by atoms with Gasteiger partial charge in [0.2, 0.25) is 0 Å². The minimum absolute atomic E-state index is 0.0126. The summed E-state index contributed by atoms with van der Waals surface area (Å²) in [7, 11) is 0. The van der Waals surface area contributed by atoms with E-state index < -0.39 is 23.5 Å². The van der Waals surface area contributed by atoms with E-state index in [9.17, 15) is 18.4 Å². The van der Waals surface area contributed by atoms with Gasteiger partial charge in [0.05, 0.1) is 0 Å². The van der Waals surface area contributed by atoms with Crippen molar-refractivity contribution >= 4 is 11.9 Å². The lowest BCUT2D eigenvalue weighted by molar-refractivity contribution is 0.0694. The second-order valence-corrected chi connectivity index (χ2v) is 4.81. The van der Waals surface area contributed by atoms with Gasteiger partial charge in [0.25, 0.3) is 5.91 Å². The van der Waals surface area contributed by atoms with Crippen LogP contribution in [0.3, 0.4) is 0 Å². The molecule has 0 spiro atoms. The van der Waals surface area contributed by atoms with Gasteiger partial charge in [0, 0.05) is 24.6 Å². The number of halogens is 2. The summed E-state index contributed by atoms with van der Waals surface area (Å²) < 4.78 is 32.1. The molecule has 2 rings (SSSR count). The summed E-state index contributed by atoms with van der Waals surface area (Å²) in [5.74, 6) is -3.13. The Balaban J connectivity index is 2.02. The highest BCUT2D eigenvalue weighted by Gasteiger charge is 2.20. The molecule has 0 fully saturated rings. The molecule has 0 aliphatic carbocycles. The molecule has 23 heavy (non-hydrogen) atoms. The van der Waals surface area contributed by atoms with Crippen molar-refractivity contribution in [3.05, 3.63) is 58.5 Å². The van der Waals surface area contributed by atoms with Crippen LogP contribution in [0.1, 0.15) is 39.2 Å². The van der Waals surface area contributed by atoms with Crippen LogP contribution < -0.4 is 5.32 Å². The molecule has 0 bridgehead atoms. The van der Waals surface area contributed by atoms with Crippen LogP contribution in [0.15, 0.2) is 28.7 Å². The lowest BCUT2D eigenvalue weighted by atomic mass is 10.1. The Labute approximate surface area is 130 Å². The van der Waals surface area contributed by atoms with Crippen LogP contribution in [0, 0.1) is 11.6 Å². The maximum atomic E-state index is 13.5. The van der Waals surface area contributed by atoms with Gasteiger partial charge in [0.1, 0.15) is 23.0 Å². The Bertz CT molecular complexity index is 719. The van der Waals surface area contributed by atoms with E-state index >= 15 is 0 Å². The molecule has 0 saturated carbocycles. The van der Waals surface area contributed by atoms with Gasteiger partial charge in [-0.15, -0.1) is 0 Å². The molecule has 5 nitrogen and oxygen atoms in total. The largest absolute Gasteiger partial charge is 0.478 e. The number of furan rings is 1. The molecular weight excluding hydrogens is 308 g/mol. The second kappa shape index (κ2) is 7.04. The molecule has 0 atom stereocenters. The Kier molecular flexibility index (Phi) is 5.10. The average molecular weight is 323 g/mol. The molecule has 122 valence electrons. The number of carbonyl (C=O) groups is 2. The molecule has 1 heterocycles. The lowest BCUT2D eigenvalue weighted by Gasteiger charge is -2.05. The first kappa shape index (κ1) is 16.7. The van der Waals surface area contributed by atoms with Gasteiger partial charge in [-0.25, -0.2) is 13.6 Å². The summed E-state index contributed by atoms with van der Waals surface area (Å²) in [5.41, 5.74) is -0.189. The van der Waals surface area contributed by atoms with Crippen LogP contribution in [-0.2, 0) is 12.8 Å². The van der Waals surface area contributed by atoms with E-state index in [0.717, 1.165) is 18.2 Å². The minimum atomic E-state index is -1.18. The Hall–Kier alpha value is -2.70. The van der Waals surface area contributed by atoms with Crippen molar-refractivity contribution in [2.45, 2.75) is 19.8 Å². The molecule has 0 unspecified atom stereocenters. The molecule has 0 saturated heterocycles. The van der Waals surface area contributed by atoms with E-state index in [1.54, 1.807) is 6.92 Å². The predicted octanol–water partition coefficient (Wildman–Crippen LogP) is 2.79. The molecule has 2 N–H and O–H groups in total. The third kappa shape index (κ3) is 3.74. The molecule has 2 aromatic rings. The van der Waals surface area contributed by atoms with Crippen LogP contribution in [0.5, 0.6) is 0 Å². The fourth-order valence-electron chi connectivity index (χ4n) is 2.14. The molecule has 7 heteroatoms. The summed E-state index contributed by atoms with van der Waals surface area (Å²) in [6, 6.07) is 4.67. The van der Waals surface area contributed by atoms with Crippen LogP contribution >= 0.6 is 0 Å². The van der Waals surface area contributed by atoms with Gasteiger partial charge >= 0.3 is 5.97 Å². The summed E-state index contributed by atoms with van der Waals surface area (Å²) in [6.45, 7) is 1.69. The SMILES string of the molecule is CCc1oc(C(=O)NCCc2c(F)cccc2F)cc1C(=O)O. The Morgan fingerprint density at radius 3 is 2.43 bits per heavy atom. The molecule has 0 aliphatic rings. The monoisotopic (exact) mass is 323 g/mol. The number of benzene rings is 1. The highest BCUT2D eigenvalue weighted by molar-refractivity contribution is 5.96. The first-order valence-electron chi connectivity index (χ1n) is 7.01. The van der Waals surface area contributed by atoms with Crippen molar-refractivity contribution in [1.82, 2.24) is 5.32 Å². The number of carboxylic acids is 1. The molecule has 1 aromatic heterocycles. The van der Waals surface area contributed by atoms with E-state index in [4.69, 9.17) is 9.52 Å². The van der Waals surface area contributed by atoms with E-state index in [1.165, 1.54) is 6.07 Å². The summed E-state index contributed by atoms with van der Waals surface area (Å²) in [4.78, 5) is 22.9. The third-order valence-electron chi connectivity index (χ3n) is 3.31. The minimum Gasteiger partial charge on any atom is -0.478 e. The summed E-state index contributed by atoms with van der Waals surface area (Å²) in [5, 5.41) is 11.4. The fraction of sp³-hybridized carbons (Fsp3) is 0.250. The van der Waals surface area contributed by atoms with Crippen molar-refractivity contribution < 1.29 is 27.9 Å². The number of nitrogens with one attached hydrogen (secondary N) is 1. The predicted molar refractivity (Wildman–Crippen MR) is 77.4 cm³/mol. The topological polar surface area (TPSA) is 79.5 Å². The maximum Gasteiger partial charge on any atom is 0.339 e. The van der Waals surface area contributed by atoms with Crippen LogP contribution in [0.4, 0.5) is 8.78 Å². The Morgan fingerprint density at radius 2 is 1.91 bits per heavy atom. The van der Waals surface area contributed by atoms with E-state index in [1.807, 2.05) is 0 Å². The van der Waals surface area contributed by atoms with Crippen molar-refractivity contribution in [2.75, 3.05) is 6.54 Å². The maximum absolute atomic E-state index is 13.5. The highest BCUT2D eigenvalue weighted by atomic mass is 19.1. The number of carbonyl (C=O) groups excluding carboxylic acids is 1. The number of amides is 1.